The summed E-state index contributed by atoms with van der Waals surface area (Å²) in [6, 6.07) is 12.9. The van der Waals surface area contributed by atoms with Gasteiger partial charge in [0.25, 0.3) is 5.60 Å². The van der Waals surface area contributed by atoms with Gasteiger partial charge in [-0.05, 0) is 24.0 Å². The molecular weight excluding hydrogens is 474 g/mol. The Hall–Kier alpha value is -2.75. The summed E-state index contributed by atoms with van der Waals surface area (Å²) in [5.74, 6) is -0.379. The smallest absolute Gasteiger partial charge is 0.369 e. The largest absolute Gasteiger partial charge is 0.430 e. The summed E-state index contributed by atoms with van der Waals surface area (Å²) in [6.45, 7) is 3.88. The summed E-state index contributed by atoms with van der Waals surface area (Å²) in [5.41, 5.74) is -5.50. The van der Waals surface area contributed by atoms with Gasteiger partial charge in [-0.3, -0.25) is 0 Å². The number of carbonyl (C=O) groups is 1. The molecule has 2 aromatic carbocycles. The monoisotopic (exact) mass is 500 g/mol. The van der Waals surface area contributed by atoms with Crippen LogP contribution >= 0.6 is 0 Å². The van der Waals surface area contributed by atoms with Crippen molar-refractivity contribution in [1.82, 2.24) is 9.80 Å². The van der Waals surface area contributed by atoms with E-state index in [2.05, 4.69) is 0 Å². The van der Waals surface area contributed by atoms with Crippen molar-refractivity contribution < 1.29 is 36.2 Å². The molecule has 2 saturated heterocycles. The molecule has 0 aromatic heterocycles. The number of urea groups is 1. The molecule has 2 aliphatic heterocycles. The number of hydrogen-bond donors (Lipinski definition) is 1. The minimum Gasteiger partial charge on any atom is -0.369 e. The van der Waals surface area contributed by atoms with E-state index in [9.17, 15) is 36.2 Å². The molecule has 2 heterocycles. The van der Waals surface area contributed by atoms with E-state index in [1.54, 1.807) is 9.80 Å². The topological polar surface area (TPSA) is 43.8 Å². The Morgan fingerprint density at radius 1 is 0.886 bits per heavy atom. The highest BCUT2D eigenvalue weighted by Crippen LogP contribution is 2.51. The van der Waals surface area contributed by atoms with Gasteiger partial charge in [0.1, 0.15) is 0 Å². The fraction of sp³-hybridized carbons (Fsp3) is 0.480. The fourth-order valence-electron chi connectivity index (χ4n) is 5.28. The van der Waals surface area contributed by atoms with Crippen molar-refractivity contribution >= 4 is 6.03 Å². The van der Waals surface area contributed by atoms with Gasteiger partial charge < -0.3 is 14.9 Å². The Morgan fingerprint density at radius 2 is 1.43 bits per heavy atom. The maximum absolute atomic E-state index is 13.3. The SMILES string of the molecule is C[C@@]1(c2ccccc2)CN(C(=O)N2CCCC2)C[C@@H]1c1ccc(C(O)(C(F)(F)F)C(F)(F)F)cc1. The van der Waals surface area contributed by atoms with E-state index in [-0.39, 0.29) is 18.5 Å². The summed E-state index contributed by atoms with van der Waals surface area (Å²) >= 11 is 0. The number of hydrogen-bond acceptors (Lipinski definition) is 2. The molecule has 2 atom stereocenters. The molecule has 10 heteroatoms. The van der Waals surface area contributed by atoms with Crippen molar-refractivity contribution in [3.63, 3.8) is 0 Å². The van der Waals surface area contributed by atoms with Crippen molar-refractivity contribution in [2.45, 2.75) is 49.1 Å². The molecule has 0 saturated carbocycles. The van der Waals surface area contributed by atoms with Gasteiger partial charge in [0, 0.05) is 43.1 Å². The number of benzene rings is 2. The molecule has 0 radical (unpaired) electrons. The van der Waals surface area contributed by atoms with Crippen LogP contribution in [0.1, 0.15) is 42.4 Å². The fourth-order valence-corrected chi connectivity index (χ4v) is 5.28. The number of amides is 2. The molecule has 2 aliphatic rings. The highest BCUT2D eigenvalue weighted by atomic mass is 19.4. The summed E-state index contributed by atoms with van der Waals surface area (Å²) < 4.78 is 79.8. The first-order valence-corrected chi connectivity index (χ1v) is 11.3. The molecule has 4 rings (SSSR count). The van der Waals surface area contributed by atoms with Crippen LogP contribution in [0, 0.1) is 0 Å². The Kier molecular flexibility index (Phi) is 6.32. The van der Waals surface area contributed by atoms with Crippen LogP contribution in [0.3, 0.4) is 0 Å². The lowest BCUT2D eigenvalue weighted by molar-refractivity contribution is -0.376. The van der Waals surface area contributed by atoms with Crippen LogP contribution in [0.2, 0.25) is 0 Å². The van der Waals surface area contributed by atoms with Gasteiger partial charge >= 0.3 is 18.4 Å². The van der Waals surface area contributed by atoms with Crippen molar-refractivity contribution in [3.8, 4) is 0 Å². The molecule has 2 fully saturated rings. The highest BCUT2D eigenvalue weighted by molar-refractivity contribution is 5.75. The molecule has 2 amide bonds. The predicted octanol–water partition coefficient (Wildman–Crippen LogP) is 5.57. The van der Waals surface area contributed by atoms with Gasteiger partial charge in [0.05, 0.1) is 0 Å². The van der Waals surface area contributed by atoms with E-state index in [1.807, 2.05) is 37.3 Å². The molecule has 0 bridgehead atoms. The third-order valence-electron chi connectivity index (χ3n) is 7.32. The van der Waals surface area contributed by atoms with Gasteiger partial charge in [0.2, 0.25) is 0 Å². The van der Waals surface area contributed by atoms with Crippen LogP contribution < -0.4 is 0 Å². The average molecular weight is 500 g/mol. The standard InChI is InChI=1S/C25H26F6N2O2/c1-22(18-7-3-2-4-8-18)16-33(21(34)32-13-5-6-14-32)15-20(22)17-9-11-19(12-10-17)23(35,24(26,27)28)25(29,30)31/h2-4,7-12,20,35H,5-6,13-16H2,1H3/t20-,22+/m1/s1. The van der Waals surface area contributed by atoms with Crippen LogP contribution in [0.15, 0.2) is 54.6 Å². The third-order valence-corrected chi connectivity index (χ3v) is 7.32. The number of halogens is 6. The van der Waals surface area contributed by atoms with Crippen molar-refractivity contribution in [1.29, 1.82) is 0 Å². The quantitative estimate of drug-likeness (QED) is 0.560. The number of carbonyl (C=O) groups excluding carboxylic acids is 1. The molecule has 2 aromatic rings. The summed E-state index contributed by atoms with van der Waals surface area (Å²) in [6.07, 6.45) is -10.1. The molecule has 35 heavy (non-hydrogen) atoms. The minimum atomic E-state index is -5.95. The Morgan fingerprint density at radius 3 is 1.94 bits per heavy atom. The number of aliphatic hydroxyl groups is 1. The first-order chi connectivity index (χ1) is 16.3. The van der Waals surface area contributed by atoms with E-state index >= 15 is 0 Å². The number of nitrogens with zero attached hydrogens (tertiary/aromatic N) is 2. The first-order valence-electron chi connectivity index (χ1n) is 11.3. The van der Waals surface area contributed by atoms with E-state index in [1.165, 1.54) is 12.1 Å². The van der Waals surface area contributed by atoms with Gasteiger partial charge in [-0.1, -0.05) is 61.5 Å². The van der Waals surface area contributed by atoms with Gasteiger partial charge in [-0.25, -0.2) is 4.79 Å². The second-order valence-corrected chi connectivity index (χ2v) is 9.52. The van der Waals surface area contributed by atoms with Crippen LogP contribution in [-0.2, 0) is 11.0 Å². The summed E-state index contributed by atoms with van der Waals surface area (Å²) in [4.78, 5) is 16.6. The highest BCUT2D eigenvalue weighted by Gasteiger charge is 2.71. The lowest BCUT2D eigenvalue weighted by Crippen LogP contribution is -2.53. The normalized spacial score (nSPS) is 23.7. The number of alkyl halides is 6. The maximum Gasteiger partial charge on any atom is 0.430 e. The van der Waals surface area contributed by atoms with E-state index in [0.29, 0.717) is 37.3 Å². The average Bonchev–Trinajstić information content (AvgIpc) is 3.46. The summed E-state index contributed by atoms with van der Waals surface area (Å²) in [5, 5.41) is 9.72. The Bertz CT molecular complexity index is 1030. The van der Waals surface area contributed by atoms with Crippen molar-refractivity contribution in [2.75, 3.05) is 26.2 Å². The molecule has 0 aliphatic carbocycles. The van der Waals surface area contributed by atoms with Crippen LogP contribution in [0.5, 0.6) is 0 Å². The summed E-state index contributed by atoms with van der Waals surface area (Å²) in [7, 11) is 0. The minimum absolute atomic E-state index is 0.118. The van der Waals surface area contributed by atoms with Crippen molar-refractivity contribution in [2.24, 2.45) is 0 Å². The second-order valence-electron chi connectivity index (χ2n) is 9.52. The van der Waals surface area contributed by atoms with Crippen LogP contribution in [0.4, 0.5) is 31.1 Å². The molecule has 0 unspecified atom stereocenters. The van der Waals surface area contributed by atoms with E-state index in [0.717, 1.165) is 18.4 Å². The first kappa shape index (κ1) is 25.3. The van der Waals surface area contributed by atoms with Gasteiger partial charge in [-0.2, -0.15) is 26.3 Å². The van der Waals surface area contributed by atoms with Gasteiger partial charge in [0.15, 0.2) is 0 Å². The number of likely N-dealkylation sites (tertiary alicyclic amines) is 2. The zero-order chi connectivity index (χ0) is 25.6. The molecular formula is C25H26F6N2O2. The molecule has 190 valence electrons. The zero-order valence-corrected chi connectivity index (χ0v) is 19.0. The van der Waals surface area contributed by atoms with Crippen LogP contribution in [0.25, 0.3) is 0 Å². The maximum atomic E-state index is 13.3. The molecule has 0 spiro atoms. The number of rotatable bonds is 3. The zero-order valence-electron chi connectivity index (χ0n) is 19.0. The van der Waals surface area contributed by atoms with Crippen molar-refractivity contribution in [3.05, 3.63) is 71.3 Å². The molecule has 1 N–H and O–H groups in total. The van der Waals surface area contributed by atoms with Gasteiger partial charge in [-0.15, -0.1) is 0 Å². The van der Waals surface area contributed by atoms with E-state index < -0.39 is 28.9 Å². The lowest BCUT2D eigenvalue weighted by Gasteiger charge is -2.34. The second kappa shape index (κ2) is 8.72. The molecule has 4 nitrogen and oxygen atoms in total. The lowest BCUT2D eigenvalue weighted by atomic mass is 9.71. The third kappa shape index (κ3) is 4.26. The Balaban J connectivity index is 1.71. The van der Waals surface area contributed by atoms with Crippen LogP contribution in [-0.4, -0.2) is 59.5 Å². The predicted molar refractivity (Wildman–Crippen MR) is 117 cm³/mol. The Labute approximate surface area is 199 Å². The van der Waals surface area contributed by atoms with E-state index in [4.69, 9.17) is 0 Å².